The zero-order chi connectivity index (χ0) is 12.7. The molecular formula is C11H11ClFN3O2. The van der Waals surface area contributed by atoms with Gasteiger partial charge in [0.25, 0.3) is 0 Å². The predicted molar refractivity (Wildman–Crippen MR) is 62.7 cm³/mol. The molecular weight excluding hydrogens is 261 g/mol. The highest BCUT2D eigenvalue weighted by atomic mass is 35.5. The Morgan fingerprint density at radius 1 is 1.50 bits per heavy atom. The molecule has 18 heavy (non-hydrogen) atoms. The Kier molecular flexibility index (Phi) is 2.93. The molecule has 0 spiro atoms. The summed E-state index contributed by atoms with van der Waals surface area (Å²) in [7, 11) is 0. The van der Waals surface area contributed by atoms with Crippen LogP contribution in [-0.4, -0.2) is 32.4 Å². The number of ether oxygens (including phenoxy) is 1. The summed E-state index contributed by atoms with van der Waals surface area (Å²) in [6.45, 7) is -0.0338. The lowest BCUT2D eigenvalue weighted by molar-refractivity contribution is -0.0206. The average Bonchev–Trinajstić information content (AvgIpc) is 2.94. The summed E-state index contributed by atoms with van der Waals surface area (Å²) >= 11 is 5.85. The molecule has 2 aromatic heterocycles. The Balaban J connectivity index is 2.06. The molecule has 2 unspecified atom stereocenters. The van der Waals surface area contributed by atoms with E-state index in [2.05, 4.69) is 9.97 Å². The fourth-order valence-electron chi connectivity index (χ4n) is 2.25. The standard InChI is InChI=1S/C11H11ClFN3O2/c12-10-9-7(13)3-16(11(9)15-5-14-10)8-2-1-6(4-17)18-8/h3,5-6,8,17H,1-2,4H2. The molecule has 2 atom stereocenters. The van der Waals surface area contributed by atoms with Gasteiger partial charge in [-0.15, -0.1) is 0 Å². The molecule has 5 nitrogen and oxygen atoms in total. The number of hydrogen-bond donors (Lipinski definition) is 1. The second kappa shape index (κ2) is 4.46. The van der Waals surface area contributed by atoms with Crippen molar-refractivity contribution in [2.75, 3.05) is 6.61 Å². The number of halogens is 2. The minimum Gasteiger partial charge on any atom is -0.394 e. The molecule has 1 aliphatic rings. The molecule has 0 aliphatic carbocycles. The van der Waals surface area contributed by atoms with Gasteiger partial charge in [0.15, 0.2) is 5.82 Å². The number of nitrogens with zero attached hydrogens (tertiary/aromatic N) is 3. The molecule has 7 heteroatoms. The smallest absolute Gasteiger partial charge is 0.153 e. The summed E-state index contributed by atoms with van der Waals surface area (Å²) in [5.74, 6) is -0.466. The third-order valence-electron chi connectivity index (χ3n) is 3.12. The summed E-state index contributed by atoms with van der Waals surface area (Å²) < 4.78 is 21.0. The highest BCUT2D eigenvalue weighted by Crippen LogP contribution is 2.33. The summed E-state index contributed by atoms with van der Waals surface area (Å²) in [5, 5.41) is 9.33. The van der Waals surface area contributed by atoms with Gasteiger partial charge < -0.3 is 14.4 Å². The van der Waals surface area contributed by atoms with Gasteiger partial charge in [0.2, 0.25) is 0 Å². The van der Waals surface area contributed by atoms with E-state index in [0.29, 0.717) is 12.1 Å². The second-order valence-corrected chi connectivity index (χ2v) is 4.58. The van der Waals surface area contributed by atoms with Gasteiger partial charge in [-0.25, -0.2) is 14.4 Å². The van der Waals surface area contributed by atoms with Gasteiger partial charge in [-0.1, -0.05) is 11.6 Å². The topological polar surface area (TPSA) is 60.2 Å². The van der Waals surface area contributed by atoms with Gasteiger partial charge >= 0.3 is 0 Å². The van der Waals surface area contributed by atoms with Crippen LogP contribution in [-0.2, 0) is 4.74 Å². The molecule has 3 heterocycles. The van der Waals surface area contributed by atoms with Crippen LogP contribution in [0.4, 0.5) is 4.39 Å². The van der Waals surface area contributed by atoms with Crippen molar-refractivity contribution in [1.29, 1.82) is 0 Å². The van der Waals surface area contributed by atoms with Crippen molar-refractivity contribution < 1.29 is 14.2 Å². The van der Waals surface area contributed by atoms with E-state index in [9.17, 15) is 4.39 Å². The average molecular weight is 272 g/mol. The second-order valence-electron chi connectivity index (χ2n) is 4.22. The number of aliphatic hydroxyl groups is 1. The monoisotopic (exact) mass is 271 g/mol. The minimum absolute atomic E-state index is 0.0338. The third kappa shape index (κ3) is 1.77. The van der Waals surface area contributed by atoms with Gasteiger partial charge in [-0.2, -0.15) is 0 Å². The van der Waals surface area contributed by atoms with Gasteiger partial charge in [0.1, 0.15) is 23.4 Å². The fraction of sp³-hybridized carbons (Fsp3) is 0.455. The normalized spacial score (nSPS) is 23.9. The zero-order valence-corrected chi connectivity index (χ0v) is 10.1. The number of hydrogen-bond acceptors (Lipinski definition) is 4. The maximum atomic E-state index is 13.8. The first kappa shape index (κ1) is 11.8. The van der Waals surface area contributed by atoms with E-state index in [4.69, 9.17) is 21.4 Å². The van der Waals surface area contributed by atoms with Gasteiger partial charge in [-0.05, 0) is 12.8 Å². The van der Waals surface area contributed by atoms with Crippen molar-refractivity contribution in [3.63, 3.8) is 0 Å². The lowest BCUT2D eigenvalue weighted by atomic mass is 10.2. The van der Waals surface area contributed by atoms with Crippen LogP contribution in [0.5, 0.6) is 0 Å². The quantitative estimate of drug-likeness (QED) is 0.848. The molecule has 0 aromatic carbocycles. The molecule has 1 saturated heterocycles. The fourth-order valence-corrected chi connectivity index (χ4v) is 2.47. The van der Waals surface area contributed by atoms with E-state index in [1.54, 1.807) is 4.57 Å². The molecule has 1 N–H and O–H groups in total. The van der Waals surface area contributed by atoms with Crippen LogP contribution in [0.2, 0.25) is 5.15 Å². The SMILES string of the molecule is OCC1CCC(n2cc(F)c3c(Cl)ncnc32)O1. The van der Waals surface area contributed by atoms with E-state index in [-0.39, 0.29) is 29.5 Å². The Bertz CT molecular complexity index is 589. The van der Waals surface area contributed by atoms with Crippen molar-refractivity contribution in [2.45, 2.75) is 25.2 Å². The van der Waals surface area contributed by atoms with Crippen LogP contribution in [0.15, 0.2) is 12.5 Å². The minimum atomic E-state index is -0.466. The highest BCUT2D eigenvalue weighted by Gasteiger charge is 2.28. The summed E-state index contributed by atoms with van der Waals surface area (Å²) in [6.07, 6.45) is 3.53. The van der Waals surface area contributed by atoms with Crippen molar-refractivity contribution in [1.82, 2.24) is 14.5 Å². The lowest BCUT2D eigenvalue weighted by Gasteiger charge is -2.14. The van der Waals surface area contributed by atoms with Gasteiger partial charge in [0, 0.05) is 6.20 Å². The maximum Gasteiger partial charge on any atom is 0.153 e. The number of rotatable bonds is 2. The Labute approximate surface area is 107 Å². The molecule has 0 saturated carbocycles. The molecule has 96 valence electrons. The van der Waals surface area contributed by atoms with E-state index < -0.39 is 5.82 Å². The Morgan fingerprint density at radius 3 is 3.06 bits per heavy atom. The number of aliphatic hydroxyl groups excluding tert-OH is 1. The largest absolute Gasteiger partial charge is 0.394 e. The van der Waals surface area contributed by atoms with Gasteiger partial charge in [-0.3, -0.25) is 0 Å². The first-order chi connectivity index (χ1) is 8.70. The summed E-state index contributed by atoms with van der Waals surface area (Å²) in [4.78, 5) is 7.80. The Hall–Kier alpha value is -1.24. The van der Waals surface area contributed by atoms with E-state index in [1.165, 1.54) is 12.5 Å². The van der Waals surface area contributed by atoms with Crippen LogP contribution in [0, 0.1) is 5.82 Å². The molecule has 0 bridgehead atoms. The first-order valence-corrected chi connectivity index (χ1v) is 6.01. The highest BCUT2D eigenvalue weighted by molar-refractivity contribution is 6.33. The lowest BCUT2D eigenvalue weighted by Crippen LogP contribution is -2.14. The zero-order valence-electron chi connectivity index (χ0n) is 9.38. The van der Waals surface area contributed by atoms with E-state index >= 15 is 0 Å². The van der Waals surface area contributed by atoms with Crippen molar-refractivity contribution >= 4 is 22.6 Å². The molecule has 2 aromatic rings. The van der Waals surface area contributed by atoms with Crippen LogP contribution < -0.4 is 0 Å². The molecule has 1 aliphatic heterocycles. The molecule has 1 fully saturated rings. The van der Waals surface area contributed by atoms with Gasteiger partial charge in [0.05, 0.1) is 18.1 Å². The van der Waals surface area contributed by atoms with E-state index in [1.807, 2.05) is 0 Å². The van der Waals surface area contributed by atoms with Crippen molar-refractivity contribution in [2.24, 2.45) is 0 Å². The predicted octanol–water partition coefficient (Wildman–Crippen LogP) is 1.89. The van der Waals surface area contributed by atoms with Crippen molar-refractivity contribution in [3.05, 3.63) is 23.5 Å². The van der Waals surface area contributed by atoms with E-state index in [0.717, 1.165) is 6.42 Å². The molecule has 0 radical (unpaired) electrons. The molecule has 3 rings (SSSR count). The summed E-state index contributed by atoms with van der Waals surface area (Å²) in [6, 6.07) is 0. The van der Waals surface area contributed by atoms with Crippen molar-refractivity contribution in [3.8, 4) is 0 Å². The first-order valence-electron chi connectivity index (χ1n) is 5.63. The van der Waals surface area contributed by atoms with Crippen LogP contribution in [0.25, 0.3) is 11.0 Å². The molecule has 0 amide bonds. The van der Waals surface area contributed by atoms with Crippen LogP contribution in [0.3, 0.4) is 0 Å². The number of fused-ring (bicyclic) bond motifs is 1. The third-order valence-corrected chi connectivity index (χ3v) is 3.40. The van der Waals surface area contributed by atoms with Crippen LogP contribution >= 0.6 is 11.6 Å². The Morgan fingerprint density at radius 2 is 2.33 bits per heavy atom. The summed E-state index contributed by atoms with van der Waals surface area (Å²) in [5.41, 5.74) is 0.413. The number of aromatic nitrogens is 3. The maximum absolute atomic E-state index is 13.8. The van der Waals surface area contributed by atoms with Crippen LogP contribution in [0.1, 0.15) is 19.1 Å².